The van der Waals surface area contributed by atoms with Crippen molar-refractivity contribution in [2.45, 2.75) is 6.92 Å². The fourth-order valence-electron chi connectivity index (χ4n) is 1.66. The van der Waals surface area contributed by atoms with Crippen LogP contribution in [0.2, 0.25) is 0 Å². The molecule has 1 N–H and O–H groups in total. The molecule has 0 bridgehead atoms. The standard InChI is InChI=1S/C12H8BrNO4/c1-6-2-10(15)14(11(6)16)9-4-7(12(17)18)3-8(13)5-9/h2-5H,1H3,(H,17,18). The van der Waals surface area contributed by atoms with Crippen LogP contribution in [0.3, 0.4) is 0 Å². The Labute approximate surface area is 111 Å². The first-order valence-corrected chi connectivity index (χ1v) is 5.80. The van der Waals surface area contributed by atoms with Gasteiger partial charge in [0.1, 0.15) is 0 Å². The maximum Gasteiger partial charge on any atom is 0.335 e. The second kappa shape index (κ2) is 4.38. The molecule has 1 heterocycles. The van der Waals surface area contributed by atoms with Gasteiger partial charge < -0.3 is 5.11 Å². The molecule has 1 aromatic rings. The highest BCUT2D eigenvalue weighted by atomic mass is 79.9. The molecule has 0 unspecified atom stereocenters. The molecule has 0 saturated carbocycles. The summed E-state index contributed by atoms with van der Waals surface area (Å²) < 4.78 is 0.488. The lowest BCUT2D eigenvalue weighted by Crippen LogP contribution is -2.30. The summed E-state index contributed by atoms with van der Waals surface area (Å²) in [5.41, 5.74) is 0.575. The van der Waals surface area contributed by atoms with E-state index in [-0.39, 0.29) is 11.3 Å². The SMILES string of the molecule is CC1=CC(=O)N(c2cc(Br)cc(C(=O)O)c2)C1=O. The van der Waals surface area contributed by atoms with Crippen LogP contribution in [0.4, 0.5) is 5.69 Å². The second-order valence-electron chi connectivity index (χ2n) is 3.81. The maximum absolute atomic E-state index is 11.8. The van der Waals surface area contributed by atoms with E-state index in [0.29, 0.717) is 10.0 Å². The van der Waals surface area contributed by atoms with Crippen LogP contribution >= 0.6 is 15.9 Å². The van der Waals surface area contributed by atoms with Crippen molar-refractivity contribution in [3.05, 3.63) is 39.9 Å². The van der Waals surface area contributed by atoms with Crippen molar-refractivity contribution < 1.29 is 19.5 Å². The van der Waals surface area contributed by atoms with Crippen LogP contribution in [-0.4, -0.2) is 22.9 Å². The molecule has 0 aliphatic carbocycles. The van der Waals surface area contributed by atoms with E-state index in [1.165, 1.54) is 31.2 Å². The van der Waals surface area contributed by atoms with E-state index < -0.39 is 17.8 Å². The van der Waals surface area contributed by atoms with Gasteiger partial charge in [0.2, 0.25) is 0 Å². The Hall–Kier alpha value is -1.95. The number of aromatic carboxylic acids is 1. The normalized spacial score (nSPS) is 15.0. The van der Waals surface area contributed by atoms with E-state index in [4.69, 9.17) is 5.11 Å². The van der Waals surface area contributed by atoms with Gasteiger partial charge in [-0.25, -0.2) is 9.69 Å². The van der Waals surface area contributed by atoms with E-state index in [1.807, 2.05) is 0 Å². The molecule has 1 aliphatic heterocycles. The largest absolute Gasteiger partial charge is 0.478 e. The number of rotatable bonds is 2. The first-order valence-electron chi connectivity index (χ1n) is 5.01. The molecule has 6 heteroatoms. The lowest BCUT2D eigenvalue weighted by molar-refractivity contribution is -0.120. The topological polar surface area (TPSA) is 74.7 Å². The Morgan fingerprint density at radius 1 is 1.28 bits per heavy atom. The summed E-state index contributed by atoms with van der Waals surface area (Å²) in [6, 6.07) is 4.21. The number of carboxylic acids is 1. The number of nitrogens with zero attached hydrogens (tertiary/aromatic N) is 1. The van der Waals surface area contributed by atoms with Gasteiger partial charge in [-0.2, -0.15) is 0 Å². The predicted octanol–water partition coefficient (Wildman–Crippen LogP) is 1.97. The number of carbonyl (C=O) groups is 3. The molecular weight excluding hydrogens is 302 g/mol. The Balaban J connectivity index is 2.50. The van der Waals surface area contributed by atoms with Crippen molar-refractivity contribution in [3.8, 4) is 0 Å². The van der Waals surface area contributed by atoms with E-state index in [2.05, 4.69) is 15.9 Å². The number of imide groups is 1. The summed E-state index contributed by atoms with van der Waals surface area (Å²) in [5, 5.41) is 8.94. The molecule has 1 aliphatic rings. The van der Waals surface area contributed by atoms with Crippen LogP contribution in [0.25, 0.3) is 0 Å². The zero-order chi connectivity index (χ0) is 13.4. The van der Waals surface area contributed by atoms with Gasteiger partial charge in [-0.05, 0) is 25.1 Å². The van der Waals surface area contributed by atoms with E-state index in [9.17, 15) is 14.4 Å². The molecule has 0 radical (unpaired) electrons. The number of hydrogen-bond acceptors (Lipinski definition) is 3. The number of carboxylic acid groups (broad SMARTS) is 1. The molecule has 2 amide bonds. The van der Waals surface area contributed by atoms with Gasteiger partial charge in [-0.1, -0.05) is 15.9 Å². The van der Waals surface area contributed by atoms with Crippen molar-refractivity contribution in [1.29, 1.82) is 0 Å². The lowest BCUT2D eigenvalue weighted by atomic mass is 10.2. The zero-order valence-corrected chi connectivity index (χ0v) is 10.9. The molecule has 2 rings (SSSR count). The Bertz CT molecular complexity index is 606. The van der Waals surface area contributed by atoms with Crippen LogP contribution in [0.1, 0.15) is 17.3 Å². The molecule has 0 saturated heterocycles. The van der Waals surface area contributed by atoms with Crippen LogP contribution in [0, 0.1) is 0 Å². The summed E-state index contributed by atoms with van der Waals surface area (Å²) in [4.78, 5) is 35.3. The third-order valence-electron chi connectivity index (χ3n) is 2.49. The van der Waals surface area contributed by atoms with Gasteiger partial charge in [0, 0.05) is 16.1 Å². The lowest BCUT2D eigenvalue weighted by Gasteiger charge is -2.15. The third-order valence-corrected chi connectivity index (χ3v) is 2.95. The average molecular weight is 310 g/mol. The van der Waals surface area contributed by atoms with Crippen LogP contribution in [0.15, 0.2) is 34.3 Å². The van der Waals surface area contributed by atoms with Gasteiger partial charge in [0.25, 0.3) is 11.8 Å². The summed E-state index contributed by atoms with van der Waals surface area (Å²) >= 11 is 3.15. The monoisotopic (exact) mass is 309 g/mol. The summed E-state index contributed by atoms with van der Waals surface area (Å²) in [7, 11) is 0. The Morgan fingerprint density at radius 3 is 2.44 bits per heavy atom. The molecule has 0 aromatic heterocycles. The number of amides is 2. The molecule has 5 nitrogen and oxygen atoms in total. The number of carbonyl (C=O) groups excluding carboxylic acids is 2. The van der Waals surface area contributed by atoms with Gasteiger partial charge in [-0.15, -0.1) is 0 Å². The minimum atomic E-state index is -1.12. The molecule has 0 spiro atoms. The first-order chi connectivity index (χ1) is 8.40. The average Bonchev–Trinajstić information content (AvgIpc) is 2.52. The molecule has 18 heavy (non-hydrogen) atoms. The van der Waals surface area contributed by atoms with Crippen LogP contribution in [-0.2, 0) is 9.59 Å². The fraction of sp³-hybridized carbons (Fsp3) is 0.0833. The first kappa shape index (κ1) is 12.5. The molecule has 0 fully saturated rings. The highest BCUT2D eigenvalue weighted by molar-refractivity contribution is 9.10. The quantitative estimate of drug-likeness (QED) is 0.848. The van der Waals surface area contributed by atoms with Crippen LogP contribution < -0.4 is 4.90 Å². The minimum absolute atomic E-state index is 0.00419. The fourth-order valence-corrected chi connectivity index (χ4v) is 2.14. The van der Waals surface area contributed by atoms with Crippen molar-refractivity contribution in [2.75, 3.05) is 4.90 Å². The number of halogens is 1. The van der Waals surface area contributed by atoms with Crippen molar-refractivity contribution in [3.63, 3.8) is 0 Å². The van der Waals surface area contributed by atoms with E-state index >= 15 is 0 Å². The predicted molar refractivity (Wildman–Crippen MR) is 67.4 cm³/mol. The molecule has 92 valence electrons. The third kappa shape index (κ3) is 2.06. The number of benzene rings is 1. The van der Waals surface area contributed by atoms with Gasteiger partial charge >= 0.3 is 5.97 Å². The maximum atomic E-state index is 11.8. The van der Waals surface area contributed by atoms with Gasteiger partial charge in [-0.3, -0.25) is 9.59 Å². The van der Waals surface area contributed by atoms with Gasteiger partial charge in [0.15, 0.2) is 0 Å². The minimum Gasteiger partial charge on any atom is -0.478 e. The summed E-state index contributed by atoms with van der Waals surface area (Å²) in [6.07, 6.45) is 1.23. The smallest absolute Gasteiger partial charge is 0.335 e. The number of hydrogen-bond donors (Lipinski definition) is 1. The zero-order valence-electron chi connectivity index (χ0n) is 9.31. The van der Waals surface area contributed by atoms with Crippen LogP contribution in [0.5, 0.6) is 0 Å². The Morgan fingerprint density at radius 2 is 1.94 bits per heavy atom. The van der Waals surface area contributed by atoms with Crippen molar-refractivity contribution in [1.82, 2.24) is 0 Å². The van der Waals surface area contributed by atoms with Gasteiger partial charge in [0.05, 0.1) is 11.3 Å². The van der Waals surface area contributed by atoms with E-state index in [0.717, 1.165) is 4.90 Å². The molecule has 1 aromatic carbocycles. The molecular formula is C12H8BrNO4. The van der Waals surface area contributed by atoms with E-state index in [1.54, 1.807) is 0 Å². The number of anilines is 1. The summed E-state index contributed by atoms with van der Waals surface area (Å²) in [6.45, 7) is 1.54. The highest BCUT2D eigenvalue weighted by Gasteiger charge is 2.30. The summed E-state index contributed by atoms with van der Waals surface area (Å²) in [5.74, 6) is -2.03. The van der Waals surface area contributed by atoms with Crippen molar-refractivity contribution in [2.24, 2.45) is 0 Å². The Kier molecular flexibility index (Phi) is 3.04. The molecule has 0 atom stereocenters. The highest BCUT2D eigenvalue weighted by Crippen LogP contribution is 2.27. The second-order valence-corrected chi connectivity index (χ2v) is 4.73. The van der Waals surface area contributed by atoms with Crippen molar-refractivity contribution >= 4 is 39.4 Å².